The van der Waals surface area contributed by atoms with E-state index in [0.29, 0.717) is 76.6 Å². The van der Waals surface area contributed by atoms with Crippen LogP contribution in [-0.4, -0.2) is 208 Å². The minimum Gasteiger partial charge on any atom is -0.373 e. The third kappa shape index (κ3) is 15.0. The van der Waals surface area contributed by atoms with Gasteiger partial charge in [0.15, 0.2) is 0 Å². The molecule has 2 amide bonds. The van der Waals surface area contributed by atoms with E-state index in [-0.39, 0.29) is 97.2 Å². The van der Waals surface area contributed by atoms with Crippen molar-refractivity contribution in [3.8, 4) is 23.7 Å². The quantitative estimate of drug-likeness (QED) is 0.111. The maximum Gasteiger partial charge on any atom is 0.254 e. The fraction of sp³-hybridized carbons (Fsp3) is 0.576. The summed E-state index contributed by atoms with van der Waals surface area (Å²) in [5, 5.41) is 7.26. The van der Waals surface area contributed by atoms with Crippen molar-refractivity contribution in [3.63, 3.8) is 0 Å². The van der Waals surface area contributed by atoms with Crippen LogP contribution in [0.4, 0.5) is 20.2 Å². The Kier molecular flexibility index (Phi) is 20.1. The van der Waals surface area contributed by atoms with E-state index in [1.807, 2.05) is 21.9 Å². The molecule has 4 saturated heterocycles. The van der Waals surface area contributed by atoms with Crippen LogP contribution < -0.4 is 31.6 Å². The first-order valence-electron chi connectivity index (χ1n) is 30.5. The largest absolute Gasteiger partial charge is 0.373 e. The summed E-state index contributed by atoms with van der Waals surface area (Å²) in [6.45, 7) is 23.8. The second kappa shape index (κ2) is 27.5. The number of carbonyl (C=O) groups is 2. The van der Waals surface area contributed by atoms with E-state index in [0.717, 1.165) is 86.2 Å². The van der Waals surface area contributed by atoms with Crippen LogP contribution in [0, 0.1) is 35.3 Å². The Bertz CT molecular complexity index is 3110. The highest BCUT2D eigenvalue weighted by atomic mass is 19.1. The molecule has 2 N–H and O–H groups in total. The Morgan fingerprint density at radius 1 is 0.616 bits per heavy atom. The van der Waals surface area contributed by atoms with Crippen LogP contribution in [-0.2, 0) is 66.3 Å². The van der Waals surface area contributed by atoms with Crippen LogP contribution in [0.15, 0.2) is 70.3 Å². The Hall–Kier alpha value is -6.14. The summed E-state index contributed by atoms with van der Waals surface area (Å²) in [6.07, 6.45) is 0.435. The molecule has 20 heteroatoms. The topological polar surface area (TPSA) is 159 Å². The minimum absolute atomic E-state index is 0.00000995. The lowest BCUT2D eigenvalue weighted by Crippen LogP contribution is -2.61. The number of ether oxygens (including phenoxy) is 4. The van der Waals surface area contributed by atoms with E-state index in [9.17, 15) is 28.0 Å². The fourth-order valence-corrected chi connectivity index (χ4v) is 13.7. The van der Waals surface area contributed by atoms with Crippen LogP contribution in [0.2, 0.25) is 0 Å². The smallest absolute Gasteiger partial charge is 0.254 e. The number of hydrogen-bond acceptors (Lipinski definition) is 14. The Labute approximate surface area is 505 Å². The number of benzene rings is 2. The van der Waals surface area contributed by atoms with Crippen LogP contribution in [0.5, 0.6) is 0 Å². The van der Waals surface area contributed by atoms with Crippen molar-refractivity contribution < 1.29 is 37.3 Å². The average molecular weight is 1190 g/mol. The van der Waals surface area contributed by atoms with Crippen molar-refractivity contribution in [2.24, 2.45) is 14.1 Å². The molecule has 86 heavy (non-hydrogen) atoms. The van der Waals surface area contributed by atoms with Gasteiger partial charge in [-0.1, -0.05) is 63.8 Å². The molecule has 462 valence electrons. The Morgan fingerprint density at radius 2 is 1.01 bits per heavy atom. The van der Waals surface area contributed by atoms with Crippen molar-refractivity contribution in [1.82, 2.24) is 39.4 Å². The number of hydrogen-bond donors (Lipinski definition) is 2. The van der Waals surface area contributed by atoms with Crippen molar-refractivity contribution in [1.29, 1.82) is 0 Å². The molecule has 6 aliphatic rings. The second-order valence-corrected chi connectivity index (χ2v) is 25.8. The van der Waals surface area contributed by atoms with Gasteiger partial charge in [-0.15, -0.1) is 0 Å². The van der Waals surface area contributed by atoms with E-state index < -0.39 is 10.8 Å². The Balaban J connectivity index is 0.647. The molecule has 4 aromatic rings. The predicted octanol–water partition coefficient (Wildman–Crippen LogP) is 3.26. The van der Waals surface area contributed by atoms with Gasteiger partial charge in [0, 0.05) is 152 Å². The molecule has 10 rings (SSSR count). The highest BCUT2D eigenvalue weighted by Gasteiger charge is 2.44. The van der Waals surface area contributed by atoms with Gasteiger partial charge in [0.2, 0.25) is 11.8 Å². The summed E-state index contributed by atoms with van der Waals surface area (Å²) in [7, 11) is 3.56. The van der Waals surface area contributed by atoms with Gasteiger partial charge < -0.3 is 48.5 Å². The molecule has 6 atom stereocenters. The zero-order chi connectivity index (χ0) is 60.9. The molecule has 0 radical (unpaired) electrons. The number of fused-ring (bicyclic) bond motifs is 2. The van der Waals surface area contributed by atoms with E-state index in [1.54, 1.807) is 47.5 Å². The maximum atomic E-state index is 14.4. The molecule has 4 fully saturated rings. The number of pyridine rings is 2. The molecule has 0 saturated carbocycles. The first-order chi connectivity index (χ1) is 41.2. The molecule has 8 heterocycles. The van der Waals surface area contributed by atoms with Crippen LogP contribution in [0.1, 0.15) is 75.2 Å². The maximum absolute atomic E-state index is 14.4. The predicted molar refractivity (Wildman–Crippen MR) is 328 cm³/mol. The normalized spacial score (nSPS) is 24.2. The Morgan fingerprint density at radius 3 is 1.41 bits per heavy atom. The van der Waals surface area contributed by atoms with Gasteiger partial charge in [0.25, 0.3) is 11.1 Å². The minimum atomic E-state index is -0.428. The van der Waals surface area contributed by atoms with Gasteiger partial charge >= 0.3 is 0 Å². The number of piperazine rings is 2. The fourth-order valence-electron chi connectivity index (χ4n) is 13.7. The monoisotopic (exact) mass is 1180 g/mol. The number of anilines is 2. The molecule has 6 aliphatic heterocycles. The summed E-state index contributed by atoms with van der Waals surface area (Å²) in [6, 6.07) is 16.7. The third-order valence-electron chi connectivity index (χ3n) is 17.8. The highest BCUT2D eigenvalue weighted by Crippen LogP contribution is 2.42. The number of nitrogens with one attached hydrogen (secondary N) is 2. The average Bonchev–Trinajstić information content (AvgIpc) is 2.35. The number of rotatable bonds is 18. The molecule has 0 aliphatic carbocycles. The standard InChI is InChI=1S/C66H86F2N10O8/c1-45-33-75(39-59(79)77-43-65(3,4)61-57(77)29-49(63(81)71(61)7)27-47-13-17-51(67)18-14-47)53(31-69-45)35-73-21-25-85-55(37-73)41-83-23-11-9-10-12-24-84-42-56-38-74(22-26-86-56)36-54-32-70-46(2)34-76(54)40-60(80)78-44-66(5,6)62-58(78)30-50(64(82)72(62)8)28-48-15-19-52(68)20-16-48/h13-20,29-30,45-46,53-56,69-70H,21-28,31-44H2,1-8H3/t45-,46-,53-,54-,55+,56?/m1/s1. The van der Waals surface area contributed by atoms with E-state index in [4.69, 9.17) is 18.9 Å². The summed E-state index contributed by atoms with van der Waals surface area (Å²) >= 11 is 0. The van der Waals surface area contributed by atoms with Crippen LogP contribution >= 0.6 is 0 Å². The van der Waals surface area contributed by atoms with Crippen LogP contribution in [0.3, 0.4) is 0 Å². The van der Waals surface area contributed by atoms with Gasteiger partial charge in [-0.3, -0.25) is 38.8 Å². The lowest BCUT2D eigenvalue weighted by Gasteiger charge is -2.43. The van der Waals surface area contributed by atoms with E-state index in [1.165, 1.54) is 24.3 Å². The van der Waals surface area contributed by atoms with E-state index in [2.05, 4.69) is 95.5 Å². The summed E-state index contributed by atoms with van der Waals surface area (Å²) in [5.41, 5.74) is 4.93. The summed E-state index contributed by atoms with van der Waals surface area (Å²) in [4.78, 5) is 69.2. The molecule has 2 aromatic carbocycles. The number of amides is 2. The van der Waals surface area contributed by atoms with Crippen molar-refractivity contribution in [3.05, 3.63) is 127 Å². The van der Waals surface area contributed by atoms with Gasteiger partial charge in [-0.25, -0.2) is 8.78 Å². The summed E-state index contributed by atoms with van der Waals surface area (Å²) in [5.74, 6) is 11.1. The highest BCUT2D eigenvalue weighted by molar-refractivity contribution is 5.98. The van der Waals surface area contributed by atoms with Gasteiger partial charge in [-0.05, 0) is 73.2 Å². The molecule has 0 spiro atoms. The van der Waals surface area contributed by atoms with Crippen molar-refractivity contribution in [2.75, 3.05) is 141 Å². The van der Waals surface area contributed by atoms with Gasteiger partial charge in [-0.2, -0.15) is 0 Å². The number of aromatic nitrogens is 2. The van der Waals surface area contributed by atoms with E-state index >= 15 is 0 Å². The zero-order valence-electron chi connectivity index (χ0n) is 51.4. The number of morpholine rings is 2. The lowest BCUT2D eigenvalue weighted by atomic mass is 9.90. The summed E-state index contributed by atoms with van der Waals surface area (Å²) < 4.78 is 54.9. The molecular formula is C66H86F2N10O8. The molecule has 0 bridgehead atoms. The zero-order valence-corrected chi connectivity index (χ0v) is 51.4. The molecule has 2 aromatic heterocycles. The number of carbonyl (C=O) groups excluding carboxylic acids is 2. The molecule has 1 unspecified atom stereocenters. The first kappa shape index (κ1) is 62.9. The SMILES string of the molecule is C[C@@H]1CN(CC(=O)N2CC(C)(C)c3c2cc(Cc2ccc(F)cc2)c(=O)n3C)[C@@H](CN2CCOC(COCC#CC#CCOC[C@@H]3CN(C[C@H]4CN[C@H](C)CN4CC(=O)N4CC(C)(C)c5c4cc(Cc4ccc(F)cc4)c(=O)n5C)CCO3)C2)CN1. The first-order valence-corrected chi connectivity index (χ1v) is 30.5. The van der Waals surface area contributed by atoms with Gasteiger partial charge in [0.05, 0.1) is 74.5 Å². The van der Waals surface area contributed by atoms with Crippen molar-refractivity contribution >= 4 is 23.2 Å². The van der Waals surface area contributed by atoms with Crippen molar-refractivity contribution in [2.45, 2.75) is 102 Å². The lowest BCUT2D eigenvalue weighted by molar-refractivity contribution is -0.122. The number of nitrogens with zero attached hydrogens (tertiary/aromatic N) is 8. The number of halogens is 2. The molecule has 18 nitrogen and oxygen atoms in total. The second-order valence-electron chi connectivity index (χ2n) is 25.8. The van der Waals surface area contributed by atoms with Gasteiger partial charge in [0.1, 0.15) is 24.8 Å². The van der Waals surface area contributed by atoms with Crippen LogP contribution in [0.25, 0.3) is 0 Å². The third-order valence-corrected chi connectivity index (χ3v) is 17.8. The molecular weight excluding hydrogens is 1100 g/mol.